The number of esters is 2. The van der Waals surface area contributed by atoms with Gasteiger partial charge in [-0.25, -0.2) is 4.79 Å². The van der Waals surface area contributed by atoms with E-state index in [1.165, 1.54) is 28.1 Å². The Morgan fingerprint density at radius 1 is 1.14 bits per heavy atom. The van der Waals surface area contributed by atoms with Gasteiger partial charge in [0.15, 0.2) is 11.5 Å². The monoisotopic (exact) mass is 309 g/mol. The summed E-state index contributed by atoms with van der Waals surface area (Å²) in [5.41, 5.74) is 0.719. The molecule has 1 aromatic carbocycles. The lowest BCUT2D eigenvalue weighted by atomic mass is 10.1. The van der Waals surface area contributed by atoms with Crippen LogP contribution in [-0.4, -0.2) is 38.1 Å². The molecule has 0 aliphatic rings. The second-order valence-corrected chi connectivity index (χ2v) is 4.56. The van der Waals surface area contributed by atoms with Crippen LogP contribution in [0, 0.1) is 0 Å². The Balaban J connectivity index is 2.97. The van der Waals surface area contributed by atoms with Crippen LogP contribution >= 0.6 is 0 Å². The first-order chi connectivity index (χ1) is 10.4. The molecule has 0 saturated carbocycles. The zero-order valence-electron chi connectivity index (χ0n) is 13.0. The normalized spacial score (nSPS) is 11.3. The third kappa shape index (κ3) is 5.08. The van der Waals surface area contributed by atoms with E-state index < -0.39 is 18.0 Å². The van der Waals surface area contributed by atoms with E-state index >= 15 is 0 Å². The minimum absolute atomic E-state index is 0.225. The van der Waals surface area contributed by atoms with E-state index in [2.05, 4.69) is 10.1 Å². The first kappa shape index (κ1) is 17.5. The molecule has 1 N–H and O–H groups in total. The molecule has 0 fully saturated rings. The highest BCUT2D eigenvalue weighted by Crippen LogP contribution is 2.28. The Morgan fingerprint density at radius 2 is 1.82 bits per heavy atom. The van der Waals surface area contributed by atoms with Crippen molar-refractivity contribution in [2.45, 2.75) is 26.3 Å². The molecule has 0 aromatic heterocycles. The van der Waals surface area contributed by atoms with Gasteiger partial charge in [0, 0.05) is 20.3 Å². The molecule has 7 heteroatoms. The van der Waals surface area contributed by atoms with Crippen molar-refractivity contribution in [3.8, 4) is 11.5 Å². The first-order valence-electron chi connectivity index (χ1n) is 6.57. The molecule has 7 nitrogen and oxygen atoms in total. The van der Waals surface area contributed by atoms with Crippen LogP contribution in [0.2, 0.25) is 0 Å². The van der Waals surface area contributed by atoms with Gasteiger partial charge in [-0.2, -0.15) is 0 Å². The maximum absolute atomic E-state index is 11.7. The predicted octanol–water partition coefficient (Wildman–Crippen LogP) is 0.841. The summed E-state index contributed by atoms with van der Waals surface area (Å²) >= 11 is 0. The lowest BCUT2D eigenvalue weighted by molar-refractivity contribution is -0.144. The fourth-order valence-corrected chi connectivity index (χ4v) is 1.89. The fraction of sp³-hybridized carbons (Fsp3) is 0.400. The molecule has 0 spiro atoms. The highest BCUT2D eigenvalue weighted by atomic mass is 16.6. The number of hydrogen-bond donors (Lipinski definition) is 1. The van der Waals surface area contributed by atoms with E-state index in [0.29, 0.717) is 5.75 Å². The Bertz CT molecular complexity index is 569. The van der Waals surface area contributed by atoms with Crippen LogP contribution in [0.4, 0.5) is 0 Å². The van der Waals surface area contributed by atoms with Crippen molar-refractivity contribution in [2.75, 3.05) is 14.2 Å². The molecule has 0 bridgehead atoms. The lowest BCUT2D eigenvalue weighted by Gasteiger charge is -2.16. The van der Waals surface area contributed by atoms with Gasteiger partial charge in [0.05, 0.1) is 14.2 Å². The van der Waals surface area contributed by atoms with Gasteiger partial charge in [0.2, 0.25) is 5.91 Å². The quantitative estimate of drug-likeness (QED) is 0.618. The first-order valence-corrected chi connectivity index (χ1v) is 6.57. The summed E-state index contributed by atoms with van der Waals surface area (Å²) in [7, 11) is 2.69. The van der Waals surface area contributed by atoms with Crippen molar-refractivity contribution in [3.63, 3.8) is 0 Å². The Labute approximate surface area is 128 Å². The smallest absolute Gasteiger partial charge is 0.328 e. The SMILES string of the molecule is COC(=O)[C@@H](Cc1ccc(OC(C)=O)c(OC)c1)NC(C)=O. The molecular formula is C15H19NO6. The van der Waals surface area contributed by atoms with E-state index in [9.17, 15) is 14.4 Å². The molecule has 1 amide bonds. The number of carbonyl (C=O) groups excluding carboxylic acids is 3. The average Bonchev–Trinajstić information content (AvgIpc) is 2.46. The van der Waals surface area contributed by atoms with Gasteiger partial charge >= 0.3 is 11.9 Å². The maximum Gasteiger partial charge on any atom is 0.328 e. The van der Waals surface area contributed by atoms with Crippen LogP contribution in [0.1, 0.15) is 19.4 Å². The molecule has 22 heavy (non-hydrogen) atoms. The van der Waals surface area contributed by atoms with Gasteiger partial charge in [-0.3, -0.25) is 9.59 Å². The van der Waals surface area contributed by atoms with Gasteiger partial charge in [0.1, 0.15) is 6.04 Å². The zero-order valence-corrected chi connectivity index (χ0v) is 13.0. The van der Waals surface area contributed by atoms with Crippen molar-refractivity contribution >= 4 is 17.8 Å². The molecule has 1 atom stereocenters. The molecule has 1 rings (SSSR count). The van der Waals surface area contributed by atoms with Crippen molar-refractivity contribution in [1.82, 2.24) is 5.32 Å². The topological polar surface area (TPSA) is 90.9 Å². The van der Waals surface area contributed by atoms with E-state index in [4.69, 9.17) is 9.47 Å². The molecular weight excluding hydrogens is 290 g/mol. The summed E-state index contributed by atoms with van der Waals surface area (Å²) < 4.78 is 14.8. The number of methoxy groups -OCH3 is 2. The summed E-state index contributed by atoms with van der Waals surface area (Å²) in [5.74, 6) is -0.694. The summed E-state index contributed by atoms with van der Waals surface area (Å²) in [4.78, 5) is 33.9. The van der Waals surface area contributed by atoms with Crippen molar-refractivity contribution in [3.05, 3.63) is 23.8 Å². The second kappa shape index (κ2) is 8.02. The lowest BCUT2D eigenvalue weighted by Crippen LogP contribution is -2.41. The van der Waals surface area contributed by atoms with Gasteiger partial charge in [-0.1, -0.05) is 6.07 Å². The van der Waals surface area contributed by atoms with Crippen LogP contribution in [0.15, 0.2) is 18.2 Å². The number of rotatable bonds is 6. The Kier molecular flexibility index (Phi) is 6.37. The molecule has 0 saturated heterocycles. The average molecular weight is 309 g/mol. The largest absolute Gasteiger partial charge is 0.493 e. The van der Waals surface area contributed by atoms with Gasteiger partial charge in [-0.05, 0) is 17.7 Å². The zero-order chi connectivity index (χ0) is 16.7. The number of benzene rings is 1. The van der Waals surface area contributed by atoms with Crippen molar-refractivity contribution in [1.29, 1.82) is 0 Å². The molecule has 0 aliphatic heterocycles. The summed E-state index contributed by atoms with van der Waals surface area (Å²) in [6.45, 7) is 2.61. The van der Waals surface area contributed by atoms with Crippen LogP contribution in [0.5, 0.6) is 11.5 Å². The number of nitrogens with one attached hydrogen (secondary N) is 1. The van der Waals surface area contributed by atoms with Gasteiger partial charge in [-0.15, -0.1) is 0 Å². The van der Waals surface area contributed by atoms with Crippen LogP contribution < -0.4 is 14.8 Å². The number of carbonyl (C=O) groups is 3. The van der Waals surface area contributed by atoms with Crippen LogP contribution in [0.25, 0.3) is 0 Å². The minimum atomic E-state index is -0.799. The van der Waals surface area contributed by atoms with E-state index in [-0.39, 0.29) is 18.1 Å². The predicted molar refractivity (Wildman–Crippen MR) is 77.6 cm³/mol. The highest BCUT2D eigenvalue weighted by Gasteiger charge is 2.21. The van der Waals surface area contributed by atoms with E-state index in [0.717, 1.165) is 5.56 Å². The summed E-state index contributed by atoms with van der Waals surface area (Å²) in [6, 6.07) is 4.08. The van der Waals surface area contributed by atoms with Crippen molar-refractivity contribution < 1.29 is 28.6 Å². The van der Waals surface area contributed by atoms with Crippen molar-refractivity contribution in [2.24, 2.45) is 0 Å². The minimum Gasteiger partial charge on any atom is -0.493 e. The van der Waals surface area contributed by atoms with Gasteiger partial charge < -0.3 is 19.5 Å². The van der Waals surface area contributed by atoms with E-state index in [1.54, 1.807) is 18.2 Å². The molecule has 0 aliphatic carbocycles. The number of amides is 1. The fourth-order valence-electron chi connectivity index (χ4n) is 1.89. The molecule has 0 radical (unpaired) electrons. The Morgan fingerprint density at radius 3 is 2.32 bits per heavy atom. The Hall–Kier alpha value is -2.57. The van der Waals surface area contributed by atoms with Crippen LogP contribution in [0.3, 0.4) is 0 Å². The van der Waals surface area contributed by atoms with E-state index in [1.807, 2.05) is 0 Å². The van der Waals surface area contributed by atoms with Crippen LogP contribution in [-0.2, 0) is 25.5 Å². The summed E-state index contributed by atoms with van der Waals surface area (Å²) in [6.07, 6.45) is 0.225. The standard InChI is InChI=1S/C15H19NO6/c1-9(17)16-12(15(19)21-4)7-11-5-6-13(22-10(2)18)14(8-11)20-3/h5-6,8,12H,7H2,1-4H3,(H,16,17)/t12-/m1/s1. The maximum atomic E-state index is 11.7. The number of hydrogen-bond acceptors (Lipinski definition) is 6. The molecule has 0 heterocycles. The molecule has 1 aromatic rings. The molecule has 120 valence electrons. The third-order valence-corrected chi connectivity index (χ3v) is 2.78. The highest BCUT2D eigenvalue weighted by molar-refractivity contribution is 5.83. The molecule has 0 unspecified atom stereocenters. The summed E-state index contributed by atoms with van der Waals surface area (Å²) in [5, 5.41) is 2.52. The van der Waals surface area contributed by atoms with Gasteiger partial charge in [0.25, 0.3) is 0 Å². The second-order valence-electron chi connectivity index (χ2n) is 4.56. The number of ether oxygens (including phenoxy) is 3. The third-order valence-electron chi connectivity index (χ3n) is 2.78.